The van der Waals surface area contributed by atoms with E-state index in [1.165, 1.54) is 52.3 Å². The van der Waals surface area contributed by atoms with Crippen molar-refractivity contribution in [3.8, 4) is 5.00 Å². The lowest BCUT2D eigenvalue weighted by Crippen LogP contribution is -2.07. The molecular formula is C24H30N4S. The third kappa shape index (κ3) is 4.06. The van der Waals surface area contributed by atoms with Crippen LogP contribution in [0.1, 0.15) is 79.2 Å². The molecule has 0 atom stereocenters. The zero-order valence-electron chi connectivity index (χ0n) is 17.7. The number of nitrogens with zero attached hydrogens (tertiary/aromatic N) is 4. The van der Waals surface area contributed by atoms with Crippen molar-refractivity contribution in [1.82, 2.24) is 14.8 Å². The number of unbranched alkanes of at least 4 members (excludes halogenated alkanes) is 3. The van der Waals surface area contributed by atoms with Gasteiger partial charge in [-0.2, -0.15) is 0 Å². The lowest BCUT2D eigenvalue weighted by atomic mass is 9.99. The smallest absolute Gasteiger partial charge is 0.160 e. The molecule has 0 unspecified atom stereocenters. The molecule has 0 amide bonds. The minimum absolute atomic E-state index is 0.577. The van der Waals surface area contributed by atoms with Gasteiger partial charge in [-0.3, -0.25) is 9.56 Å². The first kappa shape index (κ1) is 20.0. The summed E-state index contributed by atoms with van der Waals surface area (Å²) in [6, 6.07) is 10.9. The molecule has 29 heavy (non-hydrogen) atoms. The predicted molar refractivity (Wildman–Crippen MR) is 122 cm³/mol. The number of hydrogen-bond acceptors (Lipinski definition) is 4. The van der Waals surface area contributed by atoms with Gasteiger partial charge in [0.05, 0.1) is 5.71 Å². The molecule has 4 nitrogen and oxygen atoms in total. The molecule has 0 N–H and O–H groups in total. The molecule has 0 aliphatic carbocycles. The summed E-state index contributed by atoms with van der Waals surface area (Å²) in [5, 5.41) is 10.2. The van der Waals surface area contributed by atoms with Gasteiger partial charge >= 0.3 is 0 Å². The molecule has 3 aromatic rings. The number of thiophene rings is 1. The molecule has 0 saturated carbocycles. The summed E-state index contributed by atoms with van der Waals surface area (Å²) in [5.74, 6) is 2.02. The van der Waals surface area contributed by atoms with Crippen molar-refractivity contribution >= 4 is 17.0 Å². The van der Waals surface area contributed by atoms with Gasteiger partial charge in [0, 0.05) is 22.4 Å². The number of aromatic nitrogens is 3. The van der Waals surface area contributed by atoms with E-state index in [9.17, 15) is 0 Å². The fourth-order valence-electron chi connectivity index (χ4n) is 4.00. The second-order valence-corrected chi connectivity index (χ2v) is 8.96. The molecule has 2 aromatic heterocycles. The normalized spacial score (nSPS) is 13.0. The first-order valence-electron chi connectivity index (χ1n) is 10.9. The Labute approximate surface area is 177 Å². The molecule has 3 heterocycles. The largest absolute Gasteiger partial charge is 0.276 e. The summed E-state index contributed by atoms with van der Waals surface area (Å²) in [5.41, 5.74) is 4.83. The molecule has 0 radical (unpaired) electrons. The molecular weight excluding hydrogens is 376 g/mol. The maximum absolute atomic E-state index is 5.03. The summed E-state index contributed by atoms with van der Waals surface area (Å²) in [6.45, 7) is 7.21. The number of rotatable bonds is 8. The number of benzene rings is 1. The van der Waals surface area contributed by atoms with Crippen LogP contribution < -0.4 is 0 Å². The molecule has 0 saturated heterocycles. The van der Waals surface area contributed by atoms with Crippen molar-refractivity contribution in [2.45, 2.75) is 72.3 Å². The van der Waals surface area contributed by atoms with Crippen LogP contribution >= 0.6 is 11.3 Å². The molecule has 1 aliphatic rings. The zero-order chi connectivity index (χ0) is 20.2. The molecule has 0 fully saturated rings. The summed E-state index contributed by atoms with van der Waals surface area (Å²) in [4.78, 5) is 6.47. The third-order valence-corrected chi connectivity index (χ3v) is 6.73. The highest BCUT2D eigenvalue weighted by Gasteiger charge is 2.25. The van der Waals surface area contributed by atoms with Gasteiger partial charge in [0.25, 0.3) is 0 Å². The second-order valence-electron chi connectivity index (χ2n) is 7.84. The van der Waals surface area contributed by atoms with E-state index in [0.717, 1.165) is 36.6 Å². The number of fused-ring (bicyclic) bond motifs is 3. The highest BCUT2D eigenvalue weighted by Crippen LogP contribution is 2.34. The van der Waals surface area contributed by atoms with E-state index in [1.54, 1.807) is 0 Å². The Morgan fingerprint density at radius 2 is 1.83 bits per heavy atom. The minimum atomic E-state index is 0.577. The van der Waals surface area contributed by atoms with E-state index < -0.39 is 0 Å². The van der Waals surface area contributed by atoms with Crippen LogP contribution in [0.2, 0.25) is 0 Å². The predicted octanol–water partition coefficient (Wildman–Crippen LogP) is 6.06. The van der Waals surface area contributed by atoms with Crippen molar-refractivity contribution in [2.75, 3.05) is 0 Å². The SMILES string of the molecule is CCCCCCc1cc2c(s1)-n1c(CCC)nnc1CN=C2c1ccccc1C. The minimum Gasteiger partial charge on any atom is -0.276 e. The van der Waals surface area contributed by atoms with Crippen LogP contribution in [0.15, 0.2) is 35.3 Å². The zero-order valence-corrected chi connectivity index (χ0v) is 18.6. The van der Waals surface area contributed by atoms with Crippen molar-refractivity contribution in [2.24, 2.45) is 4.99 Å². The monoisotopic (exact) mass is 406 g/mol. The maximum Gasteiger partial charge on any atom is 0.160 e. The standard InChI is InChI=1S/C24H30N4S/c1-4-6-7-8-13-18-15-20-23(19-14-10-9-12-17(19)3)25-16-22-27-26-21(11-5-2)28(22)24(20)29-18/h9-10,12,14-15H,4-8,11,13,16H2,1-3H3. The molecule has 152 valence electrons. The molecule has 1 aliphatic heterocycles. The van der Waals surface area contributed by atoms with Crippen LogP contribution in [0.3, 0.4) is 0 Å². The molecule has 0 spiro atoms. The Hall–Kier alpha value is -2.27. The lowest BCUT2D eigenvalue weighted by molar-refractivity contribution is 0.670. The Morgan fingerprint density at radius 1 is 0.966 bits per heavy atom. The van der Waals surface area contributed by atoms with Crippen LogP contribution in [0.5, 0.6) is 0 Å². The fraction of sp³-hybridized carbons (Fsp3) is 0.458. The van der Waals surface area contributed by atoms with Gasteiger partial charge in [-0.05, 0) is 37.8 Å². The van der Waals surface area contributed by atoms with E-state index in [0.29, 0.717) is 6.54 Å². The van der Waals surface area contributed by atoms with E-state index in [4.69, 9.17) is 4.99 Å². The number of aliphatic imine (C=N–C) groups is 1. The Balaban J connectivity index is 1.79. The average molecular weight is 407 g/mol. The summed E-state index contributed by atoms with van der Waals surface area (Å²) in [7, 11) is 0. The topological polar surface area (TPSA) is 43.1 Å². The Morgan fingerprint density at radius 3 is 2.62 bits per heavy atom. The Kier molecular flexibility index (Phi) is 6.24. The summed E-state index contributed by atoms with van der Waals surface area (Å²) < 4.78 is 2.29. The Bertz CT molecular complexity index is 1010. The molecule has 5 heteroatoms. The van der Waals surface area contributed by atoms with Crippen LogP contribution in [0.25, 0.3) is 5.00 Å². The van der Waals surface area contributed by atoms with Gasteiger partial charge in [0.2, 0.25) is 0 Å². The quantitative estimate of drug-likeness (QED) is 0.427. The van der Waals surface area contributed by atoms with Crippen molar-refractivity contribution in [3.05, 3.63) is 63.5 Å². The van der Waals surface area contributed by atoms with Crippen LogP contribution in [0, 0.1) is 6.92 Å². The number of hydrogen-bond donors (Lipinski definition) is 0. The third-order valence-electron chi connectivity index (χ3n) is 5.55. The lowest BCUT2D eigenvalue weighted by Gasteiger charge is -2.10. The van der Waals surface area contributed by atoms with Gasteiger partial charge in [-0.1, -0.05) is 57.4 Å². The molecule has 1 aromatic carbocycles. The summed E-state index contributed by atoms with van der Waals surface area (Å²) >= 11 is 1.90. The number of aryl methyl sites for hydroxylation is 3. The van der Waals surface area contributed by atoms with Gasteiger partial charge in [-0.25, -0.2) is 0 Å². The van der Waals surface area contributed by atoms with Crippen LogP contribution in [-0.2, 0) is 19.4 Å². The van der Waals surface area contributed by atoms with Crippen molar-refractivity contribution in [3.63, 3.8) is 0 Å². The first-order chi connectivity index (χ1) is 14.2. The summed E-state index contributed by atoms with van der Waals surface area (Å²) in [6.07, 6.45) is 8.29. The van der Waals surface area contributed by atoms with Gasteiger partial charge in [0.1, 0.15) is 17.4 Å². The van der Waals surface area contributed by atoms with E-state index >= 15 is 0 Å². The van der Waals surface area contributed by atoms with E-state index in [1.807, 2.05) is 11.3 Å². The highest BCUT2D eigenvalue weighted by molar-refractivity contribution is 7.15. The van der Waals surface area contributed by atoms with Crippen LogP contribution in [0.4, 0.5) is 0 Å². The van der Waals surface area contributed by atoms with Crippen LogP contribution in [-0.4, -0.2) is 20.5 Å². The highest BCUT2D eigenvalue weighted by atomic mass is 32.1. The van der Waals surface area contributed by atoms with E-state index in [-0.39, 0.29) is 0 Å². The maximum atomic E-state index is 5.03. The average Bonchev–Trinajstić information content (AvgIpc) is 3.28. The van der Waals surface area contributed by atoms with Gasteiger partial charge in [0.15, 0.2) is 5.82 Å². The van der Waals surface area contributed by atoms with Gasteiger partial charge < -0.3 is 0 Å². The molecule has 4 rings (SSSR count). The van der Waals surface area contributed by atoms with E-state index in [2.05, 4.69) is 65.9 Å². The van der Waals surface area contributed by atoms with Gasteiger partial charge in [-0.15, -0.1) is 21.5 Å². The first-order valence-corrected chi connectivity index (χ1v) is 11.7. The second kappa shape index (κ2) is 9.04. The fourth-order valence-corrected chi connectivity index (χ4v) is 5.24. The van der Waals surface area contributed by atoms with Crippen molar-refractivity contribution < 1.29 is 0 Å². The van der Waals surface area contributed by atoms with Crippen molar-refractivity contribution in [1.29, 1.82) is 0 Å². The molecule has 0 bridgehead atoms.